The highest BCUT2D eigenvalue weighted by Crippen LogP contribution is 2.06. The Labute approximate surface area is 105 Å². The van der Waals surface area contributed by atoms with Crippen LogP contribution < -0.4 is 10.6 Å². The van der Waals surface area contributed by atoms with Crippen LogP contribution in [0, 0.1) is 0 Å². The Bertz CT molecular complexity index is 417. The molecule has 1 aromatic rings. The molecule has 0 aliphatic heterocycles. The minimum atomic E-state index is -1.03. The van der Waals surface area contributed by atoms with Gasteiger partial charge in [-0.1, -0.05) is 6.92 Å². The maximum absolute atomic E-state index is 11.6. The summed E-state index contributed by atoms with van der Waals surface area (Å²) in [6.07, 6.45) is 2.13. The summed E-state index contributed by atoms with van der Waals surface area (Å²) in [4.78, 5) is 26.2. The number of nitrogens with zero attached hydrogens (tertiary/aromatic N) is 1. The first-order chi connectivity index (χ1) is 8.54. The van der Waals surface area contributed by atoms with Crippen molar-refractivity contribution in [1.29, 1.82) is 0 Å². The zero-order valence-electron chi connectivity index (χ0n) is 10.4. The minimum absolute atomic E-state index is 0.110. The van der Waals surface area contributed by atoms with Gasteiger partial charge in [0.05, 0.1) is 5.56 Å². The number of rotatable bonds is 6. The second kappa shape index (κ2) is 6.58. The molecule has 98 valence electrons. The maximum atomic E-state index is 11.6. The number of carboxylic acid groups (broad SMARTS) is 1. The van der Waals surface area contributed by atoms with Gasteiger partial charge in [-0.2, -0.15) is 0 Å². The molecule has 0 radical (unpaired) electrons. The average molecular weight is 251 g/mol. The number of carboxylic acids is 1. The molecule has 0 spiro atoms. The van der Waals surface area contributed by atoms with Crippen molar-refractivity contribution in [2.75, 3.05) is 11.9 Å². The quantitative estimate of drug-likeness (QED) is 0.704. The first kappa shape index (κ1) is 14.0. The zero-order chi connectivity index (χ0) is 13.5. The third-order valence-electron chi connectivity index (χ3n) is 2.32. The zero-order valence-corrected chi connectivity index (χ0v) is 10.4. The molecule has 1 unspecified atom stereocenters. The van der Waals surface area contributed by atoms with Gasteiger partial charge in [-0.25, -0.2) is 9.78 Å². The van der Waals surface area contributed by atoms with Crippen molar-refractivity contribution in [2.45, 2.75) is 26.3 Å². The van der Waals surface area contributed by atoms with E-state index in [-0.39, 0.29) is 11.5 Å². The molecule has 6 heteroatoms. The van der Waals surface area contributed by atoms with Gasteiger partial charge in [0, 0.05) is 12.7 Å². The number of anilines is 1. The monoisotopic (exact) mass is 251 g/mol. The van der Waals surface area contributed by atoms with Gasteiger partial charge in [0.1, 0.15) is 11.9 Å². The molecule has 1 aromatic heterocycles. The van der Waals surface area contributed by atoms with Crippen LogP contribution in [0.1, 0.15) is 30.6 Å². The lowest BCUT2D eigenvalue weighted by Gasteiger charge is -2.14. The second-order valence-electron chi connectivity index (χ2n) is 3.89. The number of carbonyl (C=O) groups is 2. The summed E-state index contributed by atoms with van der Waals surface area (Å²) in [5, 5.41) is 14.4. The van der Waals surface area contributed by atoms with Gasteiger partial charge in [-0.15, -0.1) is 0 Å². The Morgan fingerprint density at radius 1 is 1.44 bits per heavy atom. The third-order valence-corrected chi connectivity index (χ3v) is 2.32. The second-order valence-corrected chi connectivity index (χ2v) is 3.89. The minimum Gasteiger partial charge on any atom is -0.478 e. The van der Waals surface area contributed by atoms with Crippen molar-refractivity contribution in [3.05, 3.63) is 23.9 Å². The van der Waals surface area contributed by atoms with E-state index in [1.165, 1.54) is 18.3 Å². The van der Waals surface area contributed by atoms with Gasteiger partial charge < -0.3 is 15.7 Å². The van der Waals surface area contributed by atoms with Crippen molar-refractivity contribution >= 4 is 17.7 Å². The lowest BCUT2D eigenvalue weighted by molar-refractivity contribution is -0.121. The van der Waals surface area contributed by atoms with E-state index in [0.717, 1.165) is 6.42 Å². The molecule has 0 saturated heterocycles. The Kier molecular flexibility index (Phi) is 5.10. The normalized spacial score (nSPS) is 11.7. The smallest absolute Gasteiger partial charge is 0.337 e. The Balaban J connectivity index is 2.56. The molecule has 0 fully saturated rings. The third kappa shape index (κ3) is 4.04. The van der Waals surface area contributed by atoms with Crippen molar-refractivity contribution < 1.29 is 14.7 Å². The lowest BCUT2D eigenvalue weighted by atomic mass is 10.2. The van der Waals surface area contributed by atoms with E-state index in [4.69, 9.17) is 5.11 Å². The van der Waals surface area contributed by atoms with Crippen LogP contribution in [0.3, 0.4) is 0 Å². The van der Waals surface area contributed by atoms with Crippen LogP contribution in [0.4, 0.5) is 5.82 Å². The van der Waals surface area contributed by atoms with Gasteiger partial charge >= 0.3 is 5.97 Å². The number of aromatic nitrogens is 1. The summed E-state index contributed by atoms with van der Waals surface area (Å²) in [6, 6.07) is 2.56. The highest BCUT2D eigenvalue weighted by molar-refractivity contribution is 5.87. The maximum Gasteiger partial charge on any atom is 0.337 e. The van der Waals surface area contributed by atoms with Gasteiger partial charge in [0.15, 0.2) is 0 Å². The van der Waals surface area contributed by atoms with Crippen LogP contribution >= 0.6 is 0 Å². The van der Waals surface area contributed by atoms with E-state index in [0.29, 0.717) is 12.4 Å². The summed E-state index contributed by atoms with van der Waals surface area (Å²) in [5.74, 6) is -0.664. The molecule has 6 nitrogen and oxygen atoms in total. The number of carbonyl (C=O) groups excluding carboxylic acids is 1. The van der Waals surface area contributed by atoms with Crippen LogP contribution in [0.25, 0.3) is 0 Å². The molecule has 0 bridgehead atoms. The molecule has 0 saturated carbocycles. The first-order valence-corrected chi connectivity index (χ1v) is 5.78. The molecule has 3 N–H and O–H groups in total. The van der Waals surface area contributed by atoms with Gasteiger partial charge in [-0.05, 0) is 25.5 Å². The van der Waals surface area contributed by atoms with Gasteiger partial charge in [0.2, 0.25) is 5.91 Å². The van der Waals surface area contributed by atoms with Crippen molar-refractivity contribution in [3.63, 3.8) is 0 Å². The van der Waals surface area contributed by atoms with E-state index in [9.17, 15) is 9.59 Å². The van der Waals surface area contributed by atoms with E-state index >= 15 is 0 Å². The van der Waals surface area contributed by atoms with E-state index in [2.05, 4.69) is 15.6 Å². The highest BCUT2D eigenvalue weighted by Gasteiger charge is 2.12. The predicted molar refractivity (Wildman–Crippen MR) is 67.6 cm³/mol. The summed E-state index contributed by atoms with van der Waals surface area (Å²) in [7, 11) is 0. The Morgan fingerprint density at radius 2 is 2.17 bits per heavy atom. The van der Waals surface area contributed by atoms with E-state index in [1.54, 1.807) is 6.92 Å². The predicted octanol–water partition coefficient (Wildman–Crippen LogP) is 1.11. The standard InChI is InChI=1S/C12H17N3O3/c1-3-6-13-11(16)8(2)15-10-5-4-9(7-14-10)12(17)18/h4-5,7-8H,3,6H2,1-2H3,(H,13,16)(H,14,15)(H,17,18). The van der Waals surface area contributed by atoms with Crippen molar-refractivity contribution in [3.8, 4) is 0 Å². The summed E-state index contributed by atoms with van der Waals surface area (Å²) < 4.78 is 0. The van der Waals surface area contributed by atoms with Gasteiger partial charge in [-0.3, -0.25) is 4.79 Å². The number of pyridine rings is 1. The van der Waals surface area contributed by atoms with Crippen LogP contribution in [-0.4, -0.2) is 34.6 Å². The van der Waals surface area contributed by atoms with Crippen LogP contribution in [0.2, 0.25) is 0 Å². The highest BCUT2D eigenvalue weighted by atomic mass is 16.4. The van der Waals surface area contributed by atoms with E-state index < -0.39 is 12.0 Å². The summed E-state index contributed by atoms with van der Waals surface area (Å²) in [5.41, 5.74) is 0.114. The molecule has 1 amide bonds. The Hall–Kier alpha value is -2.11. The number of amides is 1. The average Bonchev–Trinajstić information content (AvgIpc) is 2.36. The Morgan fingerprint density at radius 3 is 2.67 bits per heavy atom. The van der Waals surface area contributed by atoms with Crippen LogP contribution in [-0.2, 0) is 4.79 Å². The number of hydrogen-bond donors (Lipinski definition) is 3. The van der Waals surface area contributed by atoms with Gasteiger partial charge in [0.25, 0.3) is 0 Å². The summed E-state index contributed by atoms with van der Waals surface area (Å²) >= 11 is 0. The van der Waals surface area contributed by atoms with Crippen molar-refractivity contribution in [2.24, 2.45) is 0 Å². The molecular formula is C12H17N3O3. The first-order valence-electron chi connectivity index (χ1n) is 5.78. The number of nitrogens with one attached hydrogen (secondary N) is 2. The molecule has 0 aromatic carbocycles. The van der Waals surface area contributed by atoms with Crippen molar-refractivity contribution in [1.82, 2.24) is 10.3 Å². The molecule has 1 rings (SSSR count). The molecule has 18 heavy (non-hydrogen) atoms. The SMILES string of the molecule is CCCNC(=O)C(C)Nc1ccc(C(=O)O)cn1. The lowest BCUT2D eigenvalue weighted by Crippen LogP contribution is -2.38. The molecule has 1 atom stereocenters. The molecular weight excluding hydrogens is 234 g/mol. The number of aromatic carboxylic acids is 1. The molecule has 0 aliphatic rings. The number of hydrogen-bond acceptors (Lipinski definition) is 4. The fraction of sp³-hybridized carbons (Fsp3) is 0.417. The topological polar surface area (TPSA) is 91.3 Å². The molecule has 1 heterocycles. The largest absolute Gasteiger partial charge is 0.478 e. The fourth-order valence-electron chi connectivity index (χ4n) is 1.29. The fourth-order valence-corrected chi connectivity index (χ4v) is 1.29. The van der Waals surface area contributed by atoms with Crippen LogP contribution in [0.15, 0.2) is 18.3 Å². The van der Waals surface area contributed by atoms with Crippen LogP contribution in [0.5, 0.6) is 0 Å². The van der Waals surface area contributed by atoms with E-state index in [1.807, 2.05) is 6.92 Å². The summed E-state index contributed by atoms with van der Waals surface area (Å²) in [6.45, 7) is 4.33. The molecule has 0 aliphatic carbocycles.